The van der Waals surface area contributed by atoms with Crippen molar-refractivity contribution in [3.05, 3.63) is 12.2 Å². The zero-order valence-corrected chi connectivity index (χ0v) is 10.9. The summed E-state index contributed by atoms with van der Waals surface area (Å²) >= 11 is 0. The van der Waals surface area contributed by atoms with Gasteiger partial charge in [-0.3, -0.25) is 4.90 Å². The van der Waals surface area contributed by atoms with E-state index in [0.29, 0.717) is 18.4 Å². The molecule has 1 aliphatic heterocycles. The van der Waals surface area contributed by atoms with Crippen molar-refractivity contribution < 1.29 is 9.53 Å². The first-order valence-corrected chi connectivity index (χ1v) is 6.43. The highest BCUT2D eigenvalue weighted by atomic mass is 16.5. The number of nitrogens with zero attached hydrogens (tertiary/aromatic N) is 1. The van der Waals surface area contributed by atoms with Crippen LogP contribution in [0.3, 0.4) is 0 Å². The van der Waals surface area contributed by atoms with Crippen LogP contribution in [0.1, 0.15) is 20.3 Å². The zero-order valence-electron chi connectivity index (χ0n) is 10.9. The average Bonchev–Trinajstić information content (AvgIpc) is 2.31. The van der Waals surface area contributed by atoms with Gasteiger partial charge in [-0.25, -0.2) is 4.79 Å². The summed E-state index contributed by atoms with van der Waals surface area (Å²) in [6, 6.07) is 0. The van der Waals surface area contributed by atoms with Crippen LogP contribution in [0, 0.1) is 11.8 Å². The number of hydrogen-bond acceptors (Lipinski definition) is 4. The van der Waals surface area contributed by atoms with Gasteiger partial charge in [-0.05, 0) is 38.3 Å². The Bertz CT molecular complexity index is 266. The average molecular weight is 240 g/mol. The second-order valence-electron chi connectivity index (χ2n) is 4.68. The molecule has 0 saturated carbocycles. The molecule has 2 unspecified atom stereocenters. The molecule has 1 fully saturated rings. The lowest BCUT2D eigenvalue weighted by molar-refractivity contribution is -0.137. The maximum absolute atomic E-state index is 11.1. The molecule has 1 rings (SSSR count). The molecule has 0 spiro atoms. The molecule has 4 nitrogen and oxygen atoms in total. The van der Waals surface area contributed by atoms with Crippen molar-refractivity contribution in [2.24, 2.45) is 17.6 Å². The smallest absolute Gasteiger partial charge is 0.330 e. The van der Waals surface area contributed by atoms with Gasteiger partial charge < -0.3 is 10.5 Å². The molecule has 1 heterocycles. The number of hydrogen-bond donors (Lipinski definition) is 1. The normalized spacial score (nSPS) is 26.3. The number of likely N-dealkylation sites (tertiary alicyclic amines) is 1. The Morgan fingerprint density at radius 2 is 2.35 bits per heavy atom. The SMILES string of the molecule is CCOC(=O)/C=C/CN1CCC(C)C(CN)C1. The number of carbonyl (C=O) groups excluding carboxylic acids is 1. The molecule has 0 radical (unpaired) electrons. The summed E-state index contributed by atoms with van der Waals surface area (Å²) in [5, 5.41) is 0. The number of piperidine rings is 1. The van der Waals surface area contributed by atoms with E-state index < -0.39 is 0 Å². The molecule has 17 heavy (non-hydrogen) atoms. The highest BCUT2D eigenvalue weighted by molar-refractivity contribution is 5.81. The summed E-state index contributed by atoms with van der Waals surface area (Å²) in [4.78, 5) is 13.5. The third-order valence-corrected chi connectivity index (χ3v) is 3.41. The van der Waals surface area contributed by atoms with Gasteiger partial charge in [0.15, 0.2) is 0 Å². The van der Waals surface area contributed by atoms with Crippen LogP contribution in [0.4, 0.5) is 0 Å². The first kappa shape index (κ1) is 14.2. The Labute approximate surface area is 104 Å². The summed E-state index contributed by atoms with van der Waals surface area (Å²) < 4.78 is 4.83. The van der Waals surface area contributed by atoms with E-state index in [2.05, 4.69) is 11.8 Å². The summed E-state index contributed by atoms with van der Waals surface area (Å²) in [6.45, 7) is 8.18. The van der Waals surface area contributed by atoms with Crippen LogP contribution in [0.2, 0.25) is 0 Å². The standard InChI is InChI=1S/C13H24N2O2/c1-3-17-13(16)5-4-7-15-8-6-11(2)12(9-14)10-15/h4-5,11-12H,3,6-10,14H2,1-2H3/b5-4+. The van der Waals surface area contributed by atoms with E-state index in [-0.39, 0.29) is 5.97 Å². The molecule has 1 aliphatic rings. The van der Waals surface area contributed by atoms with Crippen molar-refractivity contribution in [1.82, 2.24) is 4.90 Å². The number of esters is 1. The second kappa shape index (κ2) is 7.45. The van der Waals surface area contributed by atoms with Crippen LogP contribution >= 0.6 is 0 Å². The van der Waals surface area contributed by atoms with Gasteiger partial charge in [-0.15, -0.1) is 0 Å². The summed E-state index contributed by atoms with van der Waals surface area (Å²) in [5.74, 6) is 1.04. The second-order valence-corrected chi connectivity index (χ2v) is 4.68. The fraction of sp³-hybridized carbons (Fsp3) is 0.769. The van der Waals surface area contributed by atoms with Crippen molar-refractivity contribution in [2.45, 2.75) is 20.3 Å². The van der Waals surface area contributed by atoms with Crippen molar-refractivity contribution in [3.8, 4) is 0 Å². The van der Waals surface area contributed by atoms with Crippen molar-refractivity contribution in [2.75, 3.05) is 32.8 Å². The molecule has 1 saturated heterocycles. The highest BCUT2D eigenvalue weighted by Gasteiger charge is 2.24. The van der Waals surface area contributed by atoms with E-state index in [0.717, 1.165) is 26.2 Å². The molecule has 0 amide bonds. The Morgan fingerprint density at radius 1 is 1.59 bits per heavy atom. The van der Waals surface area contributed by atoms with Crippen LogP contribution in [0.25, 0.3) is 0 Å². The van der Waals surface area contributed by atoms with Gasteiger partial charge in [0.05, 0.1) is 6.61 Å². The monoisotopic (exact) mass is 240 g/mol. The largest absolute Gasteiger partial charge is 0.463 e. The minimum atomic E-state index is -0.256. The predicted octanol–water partition coefficient (Wildman–Crippen LogP) is 1.02. The van der Waals surface area contributed by atoms with Crippen LogP contribution in [0.15, 0.2) is 12.2 Å². The van der Waals surface area contributed by atoms with Crippen LogP contribution in [-0.4, -0.2) is 43.7 Å². The number of ether oxygens (including phenoxy) is 1. The number of carbonyl (C=O) groups is 1. The first-order chi connectivity index (χ1) is 8.17. The molecule has 2 atom stereocenters. The number of rotatable bonds is 5. The van der Waals surface area contributed by atoms with Crippen LogP contribution < -0.4 is 5.73 Å². The van der Waals surface area contributed by atoms with E-state index >= 15 is 0 Å². The maximum atomic E-state index is 11.1. The van der Waals surface area contributed by atoms with E-state index in [1.165, 1.54) is 12.5 Å². The molecule has 0 aromatic carbocycles. The summed E-state index contributed by atoms with van der Waals surface area (Å²) in [7, 11) is 0. The minimum Gasteiger partial charge on any atom is -0.463 e. The van der Waals surface area contributed by atoms with Crippen LogP contribution in [0.5, 0.6) is 0 Å². The molecule has 0 aliphatic carbocycles. The quantitative estimate of drug-likeness (QED) is 0.576. The third kappa shape index (κ3) is 4.88. The van der Waals surface area contributed by atoms with E-state index in [9.17, 15) is 4.79 Å². The topological polar surface area (TPSA) is 55.6 Å². The fourth-order valence-corrected chi connectivity index (χ4v) is 2.19. The van der Waals surface area contributed by atoms with Gasteiger partial charge in [0, 0.05) is 19.2 Å². The lowest BCUT2D eigenvalue weighted by atomic mass is 9.87. The molecule has 0 bridgehead atoms. The van der Waals surface area contributed by atoms with Gasteiger partial charge in [-0.1, -0.05) is 13.0 Å². The van der Waals surface area contributed by atoms with Gasteiger partial charge in [0.25, 0.3) is 0 Å². The first-order valence-electron chi connectivity index (χ1n) is 6.43. The molecule has 2 N–H and O–H groups in total. The minimum absolute atomic E-state index is 0.256. The number of nitrogens with two attached hydrogens (primary N) is 1. The molecule has 0 aromatic heterocycles. The molecule has 4 heteroatoms. The maximum Gasteiger partial charge on any atom is 0.330 e. The third-order valence-electron chi connectivity index (χ3n) is 3.41. The highest BCUT2D eigenvalue weighted by Crippen LogP contribution is 2.21. The van der Waals surface area contributed by atoms with E-state index in [1.807, 2.05) is 13.0 Å². The van der Waals surface area contributed by atoms with E-state index in [1.54, 1.807) is 0 Å². The van der Waals surface area contributed by atoms with Gasteiger partial charge >= 0.3 is 5.97 Å². The lowest BCUT2D eigenvalue weighted by Gasteiger charge is -2.35. The fourth-order valence-electron chi connectivity index (χ4n) is 2.19. The van der Waals surface area contributed by atoms with E-state index in [4.69, 9.17) is 10.5 Å². The van der Waals surface area contributed by atoms with Gasteiger partial charge in [-0.2, -0.15) is 0 Å². The Hall–Kier alpha value is -0.870. The van der Waals surface area contributed by atoms with Gasteiger partial charge in [0.1, 0.15) is 0 Å². The van der Waals surface area contributed by atoms with Crippen molar-refractivity contribution >= 4 is 5.97 Å². The molecular formula is C13H24N2O2. The predicted molar refractivity (Wildman–Crippen MR) is 68.5 cm³/mol. The lowest BCUT2D eigenvalue weighted by Crippen LogP contribution is -2.42. The molecule has 98 valence electrons. The Kier molecular flexibility index (Phi) is 6.22. The Balaban J connectivity index is 2.30. The van der Waals surface area contributed by atoms with Crippen LogP contribution in [-0.2, 0) is 9.53 Å². The summed E-state index contributed by atoms with van der Waals surface area (Å²) in [6.07, 6.45) is 4.58. The zero-order chi connectivity index (χ0) is 12.7. The molecular weight excluding hydrogens is 216 g/mol. The molecule has 0 aromatic rings. The Morgan fingerprint density at radius 3 is 3.00 bits per heavy atom. The summed E-state index contributed by atoms with van der Waals surface area (Å²) in [5.41, 5.74) is 5.75. The van der Waals surface area contributed by atoms with Gasteiger partial charge in [0.2, 0.25) is 0 Å². The van der Waals surface area contributed by atoms with Crippen molar-refractivity contribution in [1.29, 1.82) is 0 Å². The van der Waals surface area contributed by atoms with Crippen molar-refractivity contribution in [3.63, 3.8) is 0 Å².